The summed E-state index contributed by atoms with van der Waals surface area (Å²) in [6.07, 6.45) is 16.8. The van der Waals surface area contributed by atoms with Gasteiger partial charge in [-0.3, -0.25) is 0 Å². The number of hydrogen-bond acceptors (Lipinski definition) is 1. The third-order valence-electron chi connectivity index (χ3n) is 3.51. The maximum absolute atomic E-state index is 9.57. The third-order valence-corrected chi connectivity index (χ3v) is 3.51. The van der Waals surface area contributed by atoms with Crippen LogP contribution in [0.15, 0.2) is 0 Å². The molecule has 0 saturated carbocycles. The maximum Gasteiger partial charge on any atom is 0.0540 e. The zero-order chi connectivity index (χ0) is 12.8. The van der Waals surface area contributed by atoms with Crippen LogP contribution in [0.2, 0.25) is 0 Å². The fraction of sp³-hybridized carbons (Fsp3) is 1.00. The Bertz CT molecular complexity index is 133. The number of hydrogen-bond donors (Lipinski definition) is 1. The van der Waals surface area contributed by atoms with Crippen LogP contribution in [0.3, 0.4) is 0 Å². The van der Waals surface area contributed by atoms with Crippen LogP contribution in [0.1, 0.15) is 97.3 Å². The lowest BCUT2D eigenvalue weighted by Crippen LogP contribution is -2.04. The highest BCUT2D eigenvalue weighted by Gasteiger charge is 2.01. The van der Waals surface area contributed by atoms with Gasteiger partial charge in [-0.2, -0.15) is 0 Å². The number of unbranched alkanes of at least 4 members (excludes halogenated alkanes) is 9. The van der Waals surface area contributed by atoms with E-state index in [4.69, 9.17) is 0 Å². The van der Waals surface area contributed by atoms with E-state index in [1.54, 1.807) is 0 Å². The second-order valence-electron chi connectivity index (χ2n) is 5.41. The minimum absolute atomic E-state index is 0.0333. The Balaban J connectivity index is 2.98. The van der Waals surface area contributed by atoms with Gasteiger partial charge in [0.05, 0.1) is 6.10 Å². The predicted molar refractivity (Wildman–Crippen MR) is 77.4 cm³/mol. The minimum atomic E-state index is -0.0333. The van der Waals surface area contributed by atoms with Crippen LogP contribution in [0, 0.1) is 0 Å². The molecule has 1 heteroatoms. The molecule has 0 aliphatic rings. The molecular formula is C16H34O. The van der Waals surface area contributed by atoms with Gasteiger partial charge in [-0.05, 0) is 12.8 Å². The molecule has 0 amide bonds. The molecule has 0 aromatic carbocycles. The molecule has 17 heavy (non-hydrogen) atoms. The lowest BCUT2D eigenvalue weighted by Gasteiger charge is -2.08. The van der Waals surface area contributed by atoms with Crippen LogP contribution in [-0.2, 0) is 0 Å². The normalized spacial score (nSPS) is 12.9. The van der Waals surface area contributed by atoms with Gasteiger partial charge >= 0.3 is 0 Å². The molecule has 0 saturated heterocycles. The van der Waals surface area contributed by atoms with E-state index in [-0.39, 0.29) is 6.10 Å². The Morgan fingerprint density at radius 2 is 1.06 bits per heavy atom. The molecule has 0 aromatic rings. The van der Waals surface area contributed by atoms with Crippen molar-refractivity contribution in [2.45, 2.75) is 103 Å². The molecule has 0 spiro atoms. The Morgan fingerprint density at radius 3 is 1.53 bits per heavy atom. The number of aliphatic hydroxyl groups excluding tert-OH is 1. The van der Waals surface area contributed by atoms with Crippen molar-refractivity contribution >= 4 is 0 Å². The summed E-state index contributed by atoms with van der Waals surface area (Å²) in [5.74, 6) is 0. The molecule has 0 heterocycles. The average molecular weight is 242 g/mol. The third kappa shape index (κ3) is 13.9. The zero-order valence-electron chi connectivity index (χ0n) is 12.2. The summed E-state index contributed by atoms with van der Waals surface area (Å²) in [4.78, 5) is 0. The fourth-order valence-corrected chi connectivity index (χ4v) is 2.34. The van der Waals surface area contributed by atoms with Gasteiger partial charge in [0.2, 0.25) is 0 Å². The second-order valence-corrected chi connectivity index (χ2v) is 5.41. The van der Waals surface area contributed by atoms with Crippen LogP contribution in [0.25, 0.3) is 0 Å². The molecule has 0 rings (SSSR count). The summed E-state index contributed by atoms with van der Waals surface area (Å²) in [5, 5.41) is 9.57. The van der Waals surface area contributed by atoms with E-state index in [1.807, 2.05) is 0 Å². The minimum Gasteiger partial charge on any atom is -0.393 e. The Morgan fingerprint density at radius 1 is 0.588 bits per heavy atom. The van der Waals surface area contributed by atoms with Gasteiger partial charge < -0.3 is 5.11 Å². The summed E-state index contributed by atoms with van der Waals surface area (Å²) < 4.78 is 0. The van der Waals surface area contributed by atoms with E-state index in [0.717, 1.165) is 19.3 Å². The van der Waals surface area contributed by atoms with Crippen molar-refractivity contribution in [1.82, 2.24) is 0 Å². The molecule has 0 aromatic heterocycles. The predicted octanol–water partition coefficient (Wildman–Crippen LogP) is 5.46. The average Bonchev–Trinajstić information content (AvgIpc) is 2.32. The molecule has 0 bridgehead atoms. The molecule has 1 nitrogen and oxygen atoms in total. The highest BCUT2D eigenvalue weighted by molar-refractivity contribution is 4.55. The van der Waals surface area contributed by atoms with Crippen molar-refractivity contribution in [2.24, 2.45) is 0 Å². The highest BCUT2D eigenvalue weighted by Crippen LogP contribution is 2.13. The molecule has 0 radical (unpaired) electrons. The first-order valence-electron chi connectivity index (χ1n) is 7.99. The van der Waals surface area contributed by atoms with Crippen molar-refractivity contribution in [2.75, 3.05) is 0 Å². The molecule has 1 atom stereocenters. The van der Waals surface area contributed by atoms with E-state index < -0.39 is 0 Å². The van der Waals surface area contributed by atoms with Crippen molar-refractivity contribution in [1.29, 1.82) is 0 Å². The van der Waals surface area contributed by atoms with E-state index in [0.29, 0.717) is 0 Å². The molecule has 0 aliphatic heterocycles. The van der Waals surface area contributed by atoms with Crippen LogP contribution in [-0.4, -0.2) is 11.2 Å². The van der Waals surface area contributed by atoms with E-state index in [9.17, 15) is 5.11 Å². The van der Waals surface area contributed by atoms with Crippen LogP contribution in [0.4, 0.5) is 0 Å². The fourth-order valence-electron chi connectivity index (χ4n) is 2.34. The molecule has 0 unspecified atom stereocenters. The highest BCUT2D eigenvalue weighted by atomic mass is 16.3. The Kier molecular flexibility index (Phi) is 14.0. The first-order chi connectivity index (χ1) is 8.31. The summed E-state index contributed by atoms with van der Waals surface area (Å²) in [6, 6.07) is 0. The van der Waals surface area contributed by atoms with Gasteiger partial charge in [0.1, 0.15) is 0 Å². The van der Waals surface area contributed by atoms with Crippen molar-refractivity contribution in [3.63, 3.8) is 0 Å². The van der Waals surface area contributed by atoms with Gasteiger partial charge in [0.25, 0.3) is 0 Å². The largest absolute Gasteiger partial charge is 0.393 e. The molecular weight excluding hydrogens is 208 g/mol. The molecule has 0 fully saturated rings. The Labute approximate surface area is 109 Å². The lowest BCUT2D eigenvalue weighted by molar-refractivity contribution is 0.150. The quantitative estimate of drug-likeness (QED) is 0.425. The standard InChI is InChI=1S/C16H34O/c1-3-5-6-7-8-9-10-11-12-13-15-16(17)14-4-2/h16-17H,3-15H2,1-2H3/t16-/m1/s1. The first-order valence-corrected chi connectivity index (χ1v) is 7.99. The van der Waals surface area contributed by atoms with Crippen LogP contribution < -0.4 is 0 Å². The Hall–Kier alpha value is -0.0400. The van der Waals surface area contributed by atoms with Gasteiger partial charge in [0, 0.05) is 0 Å². The van der Waals surface area contributed by atoms with Crippen LogP contribution in [0.5, 0.6) is 0 Å². The van der Waals surface area contributed by atoms with Crippen molar-refractivity contribution in [3.05, 3.63) is 0 Å². The first kappa shape index (κ1) is 17.0. The number of rotatable bonds is 13. The smallest absolute Gasteiger partial charge is 0.0540 e. The summed E-state index contributed by atoms with van der Waals surface area (Å²) in [7, 11) is 0. The van der Waals surface area contributed by atoms with E-state index >= 15 is 0 Å². The van der Waals surface area contributed by atoms with Crippen LogP contribution >= 0.6 is 0 Å². The maximum atomic E-state index is 9.57. The topological polar surface area (TPSA) is 20.2 Å². The summed E-state index contributed by atoms with van der Waals surface area (Å²) in [6.45, 7) is 4.41. The lowest BCUT2D eigenvalue weighted by atomic mass is 10.0. The summed E-state index contributed by atoms with van der Waals surface area (Å²) >= 11 is 0. The van der Waals surface area contributed by atoms with Crippen molar-refractivity contribution < 1.29 is 5.11 Å². The van der Waals surface area contributed by atoms with Gasteiger partial charge in [-0.15, -0.1) is 0 Å². The number of aliphatic hydroxyl groups is 1. The molecule has 104 valence electrons. The van der Waals surface area contributed by atoms with E-state index in [1.165, 1.54) is 64.2 Å². The monoisotopic (exact) mass is 242 g/mol. The van der Waals surface area contributed by atoms with Gasteiger partial charge in [0.15, 0.2) is 0 Å². The second kappa shape index (κ2) is 14.0. The van der Waals surface area contributed by atoms with E-state index in [2.05, 4.69) is 13.8 Å². The van der Waals surface area contributed by atoms with Gasteiger partial charge in [-0.25, -0.2) is 0 Å². The van der Waals surface area contributed by atoms with Gasteiger partial charge in [-0.1, -0.05) is 84.5 Å². The SMILES string of the molecule is CCCCCCCCCCCC[C@H](O)CCC. The molecule has 1 N–H and O–H groups in total. The zero-order valence-corrected chi connectivity index (χ0v) is 12.2. The molecule has 0 aliphatic carbocycles. The summed E-state index contributed by atoms with van der Waals surface area (Å²) in [5.41, 5.74) is 0. The van der Waals surface area contributed by atoms with Crippen molar-refractivity contribution in [3.8, 4) is 0 Å².